The molecule has 8 nitrogen and oxygen atoms in total. The van der Waals surface area contributed by atoms with Crippen molar-refractivity contribution in [3.05, 3.63) is 83.7 Å². The molecule has 0 bridgehead atoms. The molecule has 38 heavy (non-hydrogen) atoms. The van der Waals surface area contributed by atoms with Crippen LogP contribution in [0.15, 0.2) is 66.7 Å². The van der Waals surface area contributed by atoms with Crippen LogP contribution in [0.25, 0.3) is 22.0 Å². The third-order valence-electron chi connectivity index (χ3n) is 6.48. The van der Waals surface area contributed by atoms with Crippen LogP contribution in [0.3, 0.4) is 0 Å². The molecule has 1 atom stereocenters. The minimum absolute atomic E-state index is 0. The van der Waals surface area contributed by atoms with Crippen LogP contribution in [0.5, 0.6) is 0 Å². The number of aromatic nitrogens is 2. The van der Waals surface area contributed by atoms with Gasteiger partial charge in [-0.1, -0.05) is 36.4 Å². The molecule has 3 aromatic carbocycles. The van der Waals surface area contributed by atoms with Crippen molar-refractivity contribution >= 4 is 40.7 Å². The minimum Gasteiger partial charge on any atom is -0.348 e. The van der Waals surface area contributed by atoms with Gasteiger partial charge < -0.3 is 15.1 Å². The van der Waals surface area contributed by atoms with Gasteiger partial charge in [-0.3, -0.25) is 0 Å². The van der Waals surface area contributed by atoms with Gasteiger partial charge in [-0.2, -0.15) is 10.5 Å². The number of rotatable bonds is 3. The van der Waals surface area contributed by atoms with Gasteiger partial charge in [0.1, 0.15) is 11.5 Å². The van der Waals surface area contributed by atoms with Gasteiger partial charge in [0.25, 0.3) is 0 Å². The maximum atomic E-state index is 14.2. The number of nitrogens with zero attached hydrogens (tertiary/aromatic N) is 6. The number of carbonyl (C=O) groups is 1. The number of nitrogens with one attached hydrogen (secondary N) is 1. The van der Waals surface area contributed by atoms with Gasteiger partial charge in [-0.25, -0.2) is 9.18 Å². The number of nitriles is 2. The molecule has 1 aliphatic heterocycles. The van der Waals surface area contributed by atoms with Crippen LogP contribution in [0.2, 0.25) is 0 Å². The first-order chi connectivity index (χ1) is 18.0. The Morgan fingerprint density at radius 3 is 2.32 bits per heavy atom. The van der Waals surface area contributed by atoms with E-state index in [1.807, 2.05) is 49.4 Å². The van der Waals surface area contributed by atoms with Gasteiger partial charge in [0.15, 0.2) is 5.82 Å². The number of hydrogen-bond acceptors (Lipinski definition) is 6. The Hall–Kier alpha value is -4.73. The van der Waals surface area contributed by atoms with Crippen molar-refractivity contribution < 1.29 is 9.18 Å². The minimum atomic E-state index is -0.650. The van der Waals surface area contributed by atoms with Crippen molar-refractivity contribution in [3.8, 4) is 23.4 Å². The van der Waals surface area contributed by atoms with Crippen molar-refractivity contribution in [1.29, 1.82) is 10.5 Å². The van der Waals surface area contributed by atoms with Crippen LogP contribution in [-0.2, 0) is 0 Å². The molecule has 0 radical (unpaired) electrons. The van der Waals surface area contributed by atoms with E-state index >= 15 is 0 Å². The smallest absolute Gasteiger partial charge is 0.322 e. The average Bonchev–Trinajstić information content (AvgIpc) is 2.93. The first-order valence-corrected chi connectivity index (χ1v) is 11.8. The lowest BCUT2D eigenvalue weighted by Crippen LogP contribution is -2.55. The Kier molecular flexibility index (Phi) is 7.71. The number of anilines is 2. The molecule has 10 heteroatoms. The first kappa shape index (κ1) is 26.3. The quantitative estimate of drug-likeness (QED) is 0.385. The summed E-state index contributed by atoms with van der Waals surface area (Å²) >= 11 is 0. The zero-order valence-electron chi connectivity index (χ0n) is 20.4. The van der Waals surface area contributed by atoms with Gasteiger partial charge in [0.05, 0.1) is 29.0 Å². The predicted octanol–water partition coefficient (Wildman–Crippen LogP) is 5.34. The van der Waals surface area contributed by atoms with Crippen molar-refractivity contribution in [1.82, 2.24) is 15.1 Å². The highest BCUT2D eigenvalue weighted by Gasteiger charge is 2.29. The number of urea groups is 1. The fraction of sp³-hybridized carbons (Fsp3) is 0.179. The lowest BCUT2D eigenvalue weighted by Gasteiger charge is -2.40. The fourth-order valence-corrected chi connectivity index (χ4v) is 4.55. The second-order valence-corrected chi connectivity index (χ2v) is 8.83. The van der Waals surface area contributed by atoms with Crippen molar-refractivity contribution in [2.45, 2.75) is 13.0 Å². The topological polar surface area (TPSA) is 109 Å². The summed E-state index contributed by atoms with van der Waals surface area (Å²) in [6.45, 7) is 3.37. The molecule has 0 spiro atoms. The van der Waals surface area contributed by atoms with Gasteiger partial charge in [-0.05, 0) is 37.3 Å². The van der Waals surface area contributed by atoms with Crippen LogP contribution >= 0.6 is 12.4 Å². The number of hydrogen-bond donors (Lipinski definition) is 1. The lowest BCUT2D eigenvalue weighted by molar-refractivity contribution is 0.200. The number of benzene rings is 3. The molecule has 1 fully saturated rings. The zero-order valence-corrected chi connectivity index (χ0v) is 21.2. The van der Waals surface area contributed by atoms with E-state index in [9.17, 15) is 9.18 Å². The Bertz CT molecular complexity index is 1580. The molecule has 4 aromatic rings. The highest BCUT2D eigenvalue weighted by atomic mass is 35.5. The zero-order chi connectivity index (χ0) is 25.9. The summed E-state index contributed by atoms with van der Waals surface area (Å²) < 4.78 is 14.2. The number of halogens is 2. The molecule has 0 aliphatic carbocycles. The second-order valence-electron chi connectivity index (χ2n) is 8.83. The maximum absolute atomic E-state index is 14.2. The van der Waals surface area contributed by atoms with Crippen molar-refractivity contribution in [2.75, 3.05) is 29.9 Å². The predicted molar refractivity (Wildman–Crippen MR) is 145 cm³/mol. The number of carbonyl (C=O) groups excluding carboxylic acids is 1. The number of fused-ring (bicyclic) bond motifs is 1. The van der Waals surface area contributed by atoms with E-state index in [0.717, 1.165) is 33.9 Å². The van der Waals surface area contributed by atoms with Crippen LogP contribution in [-0.4, -0.2) is 46.8 Å². The van der Waals surface area contributed by atoms with E-state index in [2.05, 4.69) is 26.5 Å². The van der Waals surface area contributed by atoms with E-state index in [0.29, 0.717) is 25.2 Å². The summed E-state index contributed by atoms with van der Waals surface area (Å²) in [5, 5.41) is 31.6. The standard InChI is InChI=1S/C28H22FN7O.ClH/c1-18-17-35(28(37)32-25-11-8-20(16-31)14-24(25)29)12-13-36(18)27-23-5-3-2-4-22(23)26(33-34-27)21-9-6-19(15-30)7-10-21;/h2-11,14,18H,12-13,17H2,1H3,(H,32,37);1H. The summed E-state index contributed by atoms with van der Waals surface area (Å²) in [6.07, 6.45) is 0. The third kappa shape index (κ3) is 5.06. The Balaban J connectivity index is 0.00000336. The molecule has 1 unspecified atom stereocenters. The largest absolute Gasteiger partial charge is 0.348 e. The molecular formula is C28H23ClFN7O. The van der Waals surface area contributed by atoms with Gasteiger partial charge >= 0.3 is 6.03 Å². The van der Waals surface area contributed by atoms with E-state index in [-0.39, 0.29) is 29.7 Å². The van der Waals surface area contributed by atoms with Gasteiger partial charge in [-0.15, -0.1) is 22.6 Å². The Labute approximate surface area is 225 Å². The van der Waals surface area contributed by atoms with Gasteiger partial charge in [0, 0.05) is 42.0 Å². The molecule has 5 rings (SSSR count). The summed E-state index contributed by atoms with van der Waals surface area (Å²) in [5.41, 5.74) is 2.42. The van der Waals surface area contributed by atoms with Gasteiger partial charge in [0.2, 0.25) is 0 Å². The van der Waals surface area contributed by atoms with Crippen molar-refractivity contribution in [3.63, 3.8) is 0 Å². The van der Waals surface area contributed by atoms with Crippen molar-refractivity contribution in [2.24, 2.45) is 0 Å². The number of piperazine rings is 1. The van der Waals surface area contributed by atoms with Crippen LogP contribution in [0, 0.1) is 28.5 Å². The van der Waals surface area contributed by atoms with Crippen LogP contribution in [0.1, 0.15) is 18.1 Å². The molecule has 2 heterocycles. The molecular weight excluding hydrogens is 505 g/mol. The summed E-state index contributed by atoms with van der Waals surface area (Å²) in [6, 6.07) is 22.7. The molecule has 2 amide bonds. The first-order valence-electron chi connectivity index (χ1n) is 11.8. The molecule has 1 aromatic heterocycles. The second kappa shape index (κ2) is 11.1. The average molecular weight is 528 g/mol. The molecule has 1 saturated heterocycles. The number of amides is 2. The van der Waals surface area contributed by atoms with E-state index < -0.39 is 11.8 Å². The highest BCUT2D eigenvalue weighted by Crippen LogP contribution is 2.33. The highest BCUT2D eigenvalue weighted by molar-refractivity contribution is 6.00. The summed E-state index contributed by atoms with van der Waals surface area (Å²) in [5.74, 6) is 0.0851. The summed E-state index contributed by atoms with van der Waals surface area (Å²) in [4.78, 5) is 16.6. The normalized spacial score (nSPS) is 14.8. The SMILES string of the molecule is CC1CN(C(=O)Nc2ccc(C#N)cc2F)CCN1c1nnc(-c2ccc(C#N)cc2)c2ccccc12.Cl. The lowest BCUT2D eigenvalue weighted by atomic mass is 10.0. The van der Waals surface area contributed by atoms with E-state index in [1.165, 1.54) is 12.1 Å². The third-order valence-corrected chi connectivity index (χ3v) is 6.48. The summed E-state index contributed by atoms with van der Waals surface area (Å²) in [7, 11) is 0. The Morgan fingerprint density at radius 1 is 0.974 bits per heavy atom. The molecule has 1 N–H and O–H groups in total. The van der Waals surface area contributed by atoms with E-state index in [4.69, 9.17) is 10.5 Å². The monoisotopic (exact) mass is 527 g/mol. The maximum Gasteiger partial charge on any atom is 0.322 e. The molecule has 1 aliphatic rings. The van der Waals surface area contributed by atoms with Crippen LogP contribution in [0.4, 0.5) is 20.7 Å². The molecule has 0 saturated carbocycles. The van der Waals surface area contributed by atoms with E-state index in [1.54, 1.807) is 17.0 Å². The fourth-order valence-electron chi connectivity index (χ4n) is 4.55. The van der Waals surface area contributed by atoms with Crippen LogP contribution < -0.4 is 10.2 Å². The Morgan fingerprint density at radius 2 is 1.66 bits per heavy atom. The molecule has 190 valence electrons.